The monoisotopic (exact) mass is 207 g/mol. The summed E-state index contributed by atoms with van der Waals surface area (Å²) in [4.78, 5) is 2.05. The summed E-state index contributed by atoms with van der Waals surface area (Å²) in [6.07, 6.45) is -0.464. The van der Waals surface area contributed by atoms with Gasteiger partial charge in [0.2, 0.25) is 0 Å². The van der Waals surface area contributed by atoms with Crippen LogP contribution >= 0.6 is 0 Å². The predicted molar refractivity (Wildman–Crippen MR) is 63.9 cm³/mol. The van der Waals surface area contributed by atoms with Crippen LogP contribution in [0.3, 0.4) is 0 Å². The van der Waals surface area contributed by atoms with E-state index in [0.717, 1.165) is 11.1 Å². The molecule has 1 atom stereocenters. The van der Waals surface area contributed by atoms with Gasteiger partial charge in [-0.15, -0.1) is 0 Å². The Bertz CT molecular complexity index is 331. The third-order valence-electron chi connectivity index (χ3n) is 3.30. The molecule has 0 aromatic heterocycles. The molecule has 0 aliphatic carbocycles. The lowest BCUT2D eigenvalue weighted by molar-refractivity contribution is 0.0160. The lowest BCUT2D eigenvalue weighted by Crippen LogP contribution is -2.43. The highest BCUT2D eigenvalue weighted by molar-refractivity contribution is 5.29. The van der Waals surface area contributed by atoms with Crippen LogP contribution in [-0.4, -0.2) is 29.6 Å². The molecule has 1 unspecified atom stereocenters. The second-order valence-electron chi connectivity index (χ2n) is 4.81. The molecule has 0 aliphatic rings. The van der Waals surface area contributed by atoms with Crippen LogP contribution in [0.15, 0.2) is 24.3 Å². The van der Waals surface area contributed by atoms with Crippen molar-refractivity contribution in [1.82, 2.24) is 4.90 Å². The fraction of sp³-hybridized carbons (Fsp3) is 0.538. The minimum atomic E-state index is -0.464. The maximum atomic E-state index is 10.4. The number of aliphatic hydroxyl groups is 1. The van der Waals surface area contributed by atoms with E-state index in [0.29, 0.717) is 0 Å². The molecule has 0 saturated carbocycles. The molecule has 0 spiro atoms. The first-order chi connectivity index (χ1) is 6.87. The number of rotatable bonds is 3. The number of hydrogen-bond donors (Lipinski definition) is 1. The third-order valence-corrected chi connectivity index (χ3v) is 3.30. The van der Waals surface area contributed by atoms with Crippen LogP contribution in [-0.2, 0) is 0 Å². The van der Waals surface area contributed by atoms with Gasteiger partial charge in [0.1, 0.15) is 0 Å². The summed E-state index contributed by atoms with van der Waals surface area (Å²) in [6.45, 7) is 6.12. The number of benzene rings is 1. The van der Waals surface area contributed by atoms with Gasteiger partial charge in [-0.1, -0.05) is 24.3 Å². The van der Waals surface area contributed by atoms with Crippen LogP contribution in [0.5, 0.6) is 0 Å². The summed E-state index contributed by atoms with van der Waals surface area (Å²) >= 11 is 0. The second kappa shape index (κ2) is 4.33. The van der Waals surface area contributed by atoms with E-state index in [1.54, 1.807) is 0 Å². The molecular weight excluding hydrogens is 186 g/mol. The van der Waals surface area contributed by atoms with Gasteiger partial charge in [-0.25, -0.2) is 0 Å². The molecule has 0 amide bonds. The normalized spacial score (nSPS) is 14.3. The number of hydrogen-bond acceptors (Lipinski definition) is 2. The largest absolute Gasteiger partial charge is 0.386 e. The Kier molecular flexibility index (Phi) is 3.53. The molecule has 1 aromatic carbocycles. The molecule has 0 bridgehead atoms. The third kappa shape index (κ3) is 2.39. The van der Waals surface area contributed by atoms with E-state index in [1.807, 2.05) is 64.0 Å². The van der Waals surface area contributed by atoms with E-state index in [2.05, 4.69) is 0 Å². The van der Waals surface area contributed by atoms with Gasteiger partial charge in [0.15, 0.2) is 0 Å². The summed E-state index contributed by atoms with van der Waals surface area (Å²) in [6, 6.07) is 7.99. The fourth-order valence-corrected chi connectivity index (χ4v) is 1.52. The highest BCUT2D eigenvalue weighted by atomic mass is 16.3. The van der Waals surface area contributed by atoms with Gasteiger partial charge < -0.3 is 10.0 Å². The number of nitrogens with zero attached hydrogens (tertiary/aromatic N) is 1. The molecule has 15 heavy (non-hydrogen) atoms. The van der Waals surface area contributed by atoms with E-state index in [4.69, 9.17) is 0 Å². The summed E-state index contributed by atoms with van der Waals surface area (Å²) in [5.41, 5.74) is 1.89. The molecule has 2 heteroatoms. The number of likely N-dealkylation sites (N-methyl/N-ethyl adjacent to an activating group) is 1. The van der Waals surface area contributed by atoms with Crippen molar-refractivity contribution in [3.63, 3.8) is 0 Å². The van der Waals surface area contributed by atoms with Crippen LogP contribution < -0.4 is 0 Å². The van der Waals surface area contributed by atoms with E-state index in [9.17, 15) is 5.11 Å². The first kappa shape index (κ1) is 12.2. The lowest BCUT2D eigenvalue weighted by Gasteiger charge is -2.37. The SMILES string of the molecule is Cc1ccccc1C(O)C(C)(C)N(C)C. The molecule has 0 aliphatic heterocycles. The van der Waals surface area contributed by atoms with Crippen LogP contribution in [0.4, 0.5) is 0 Å². The van der Waals surface area contributed by atoms with E-state index in [-0.39, 0.29) is 5.54 Å². The van der Waals surface area contributed by atoms with Crippen LogP contribution in [0.25, 0.3) is 0 Å². The quantitative estimate of drug-likeness (QED) is 0.822. The predicted octanol–water partition coefficient (Wildman–Crippen LogP) is 2.37. The summed E-state index contributed by atoms with van der Waals surface area (Å²) in [5, 5.41) is 10.4. The van der Waals surface area contributed by atoms with Gasteiger partial charge in [0.25, 0.3) is 0 Å². The van der Waals surface area contributed by atoms with Gasteiger partial charge in [0, 0.05) is 5.54 Å². The van der Waals surface area contributed by atoms with Crippen molar-refractivity contribution in [1.29, 1.82) is 0 Å². The van der Waals surface area contributed by atoms with Crippen molar-refractivity contribution in [2.45, 2.75) is 32.4 Å². The van der Waals surface area contributed by atoms with Crippen LogP contribution in [0.1, 0.15) is 31.1 Å². The maximum Gasteiger partial charge on any atom is 0.0970 e. The number of aryl methyl sites for hydroxylation is 1. The van der Waals surface area contributed by atoms with Gasteiger partial charge in [0.05, 0.1) is 6.10 Å². The topological polar surface area (TPSA) is 23.5 Å². The van der Waals surface area contributed by atoms with Crippen molar-refractivity contribution < 1.29 is 5.11 Å². The Labute approximate surface area is 92.5 Å². The number of aliphatic hydroxyl groups excluding tert-OH is 1. The minimum absolute atomic E-state index is 0.258. The van der Waals surface area contributed by atoms with Crippen LogP contribution in [0.2, 0.25) is 0 Å². The van der Waals surface area contributed by atoms with Crippen molar-refractivity contribution in [3.8, 4) is 0 Å². The lowest BCUT2D eigenvalue weighted by atomic mass is 9.88. The average molecular weight is 207 g/mol. The molecule has 1 N–H and O–H groups in total. The van der Waals surface area contributed by atoms with Gasteiger partial charge in [-0.3, -0.25) is 0 Å². The molecule has 1 rings (SSSR count). The van der Waals surface area contributed by atoms with Crippen molar-refractivity contribution in [2.75, 3.05) is 14.1 Å². The fourth-order valence-electron chi connectivity index (χ4n) is 1.52. The minimum Gasteiger partial charge on any atom is -0.386 e. The first-order valence-electron chi connectivity index (χ1n) is 5.28. The standard InChI is InChI=1S/C13H21NO/c1-10-8-6-7-9-11(10)12(15)13(2,3)14(4)5/h6-9,12,15H,1-5H3. The Morgan fingerprint density at radius 1 is 1.20 bits per heavy atom. The molecule has 1 aromatic rings. The molecule has 0 saturated heterocycles. The van der Waals surface area contributed by atoms with E-state index < -0.39 is 6.10 Å². The summed E-state index contributed by atoms with van der Waals surface area (Å²) in [5.74, 6) is 0. The molecule has 0 heterocycles. The molecule has 84 valence electrons. The molecule has 2 nitrogen and oxygen atoms in total. The molecular formula is C13H21NO. The molecule has 0 fully saturated rings. The average Bonchev–Trinajstić information content (AvgIpc) is 2.17. The Morgan fingerprint density at radius 3 is 2.20 bits per heavy atom. The maximum absolute atomic E-state index is 10.4. The summed E-state index contributed by atoms with van der Waals surface area (Å²) in [7, 11) is 3.98. The van der Waals surface area contributed by atoms with Gasteiger partial charge in [-0.05, 0) is 46.0 Å². The van der Waals surface area contributed by atoms with Gasteiger partial charge >= 0.3 is 0 Å². The highest BCUT2D eigenvalue weighted by Crippen LogP contribution is 2.30. The van der Waals surface area contributed by atoms with E-state index >= 15 is 0 Å². The van der Waals surface area contributed by atoms with Crippen molar-refractivity contribution in [3.05, 3.63) is 35.4 Å². The van der Waals surface area contributed by atoms with Crippen LogP contribution in [0, 0.1) is 6.92 Å². The van der Waals surface area contributed by atoms with E-state index in [1.165, 1.54) is 0 Å². The Balaban J connectivity index is 3.04. The van der Waals surface area contributed by atoms with Crippen molar-refractivity contribution in [2.24, 2.45) is 0 Å². The van der Waals surface area contributed by atoms with Gasteiger partial charge in [-0.2, -0.15) is 0 Å². The molecule has 0 radical (unpaired) electrons. The highest BCUT2D eigenvalue weighted by Gasteiger charge is 2.31. The second-order valence-corrected chi connectivity index (χ2v) is 4.81. The smallest absolute Gasteiger partial charge is 0.0970 e. The Morgan fingerprint density at radius 2 is 1.73 bits per heavy atom. The first-order valence-corrected chi connectivity index (χ1v) is 5.28. The zero-order valence-corrected chi connectivity index (χ0v) is 10.3. The zero-order chi connectivity index (χ0) is 11.6. The van der Waals surface area contributed by atoms with Crippen molar-refractivity contribution >= 4 is 0 Å². The Hall–Kier alpha value is -0.860. The zero-order valence-electron chi connectivity index (χ0n) is 10.3. The summed E-state index contributed by atoms with van der Waals surface area (Å²) < 4.78 is 0.